The minimum atomic E-state index is 0.317. The van der Waals surface area contributed by atoms with Gasteiger partial charge >= 0.3 is 0 Å². The largest absolute Gasteiger partial charge is 0.497 e. The van der Waals surface area contributed by atoms with Crippen LogP contribution in [-0.4, -0.2) is 58.3 Å². The van der Waals surface area contributed by atoms with Gasteiger partial charge in [-0.3, -0.25) is 4.90 Å². The van der Waals surface area contributed by atoms with E-state index in [4.69, 9.17) is 19.7 Å². The highest BCUT2D eigenvalue weighted by Gasteiger charge is 2.29. The predicted molar refractivity (Wildman–Crippen MR) is 137 cm³/mol. The van der Waals surface area contributed by atoms with Crippen LogP contribution < -0.4 is 4.74 Å². The maximum absolute atomic E-state index is 6.02. The van der Waals surface area contributed by atoms with Crippen LogP contribution in [0.5, 0.6) is 5.75 Å². The molecular formula is C27H40N4O2S. The first kappa shape index (κ1) is 24.1. The lowest BCUT2D eigenvalue weighted by atomic mass is 9.91. The summed E-state index contributed by atoms with van der Waals surface area (Å²) in [4.78, 5) is 2.56. The average molecular weight is 485 g/mol. The molecule has 0 radical (unpaired) electrons. The Morgan fingerprint density at radius 3 is 2.65 bits per heavy atom. The molecule has 1 aliphatic carbocycles. The molecule has 3 fully saturated rings. The Labute approximate surface area is 208 Å². The topological polar surface area (TPSA) is 52.4 Å². The molecule has 5 rings (SSSR count). The summed E-state index contributed by atoms with van der Waals surface area (Å²) in [5, 5.41) is 10.6. The summed E-state index contributed by atoms with van der Waals surface area (Å²) in [7, 11) is 1.74. The third kappa shape index (κ3) is 6.16. The highest BCUT2D eigenvalue weighted by atomic mass is 32.2. The van der Waals surface area contributed by atoms with Gasteiger partial charge < -0.3 is 14.0 Å². The highest BCUT2D eigenvalue weighted by molar-refractivity contribution is 7.99. The molecule has 0 N–H and O–H groups in total. The van der Waals surface area contributed by atoms with Gasteiger partial charge in [0, 0.05) is 24.8 Å². The first-order chi connectivity index (χ1) is 16.8. The number of benzene rings is 1. The maximum atomic E-state index is 6.02. The van der Waals surface area contributed by atoms with E-state index in [1.54, 1.807) is 7.11 Å². The first-order valence-electron chi connectivity index (χ1n) is 13.3. The Bertz CT molecular complexity index is 900. The van der Waals surface area contributed by atoms with E-state index in [0.29, 0.717) is 12.0 Å². The standard InChI is InChI=1S/C27H40N4O2S/c1-32-24-10-5-9-22(17-24)18-30-14-12-23(13-15-30)26-28-29-27(31(26)19-25-11-6-16-33-25)34-20-21-7-3-2-4-8-21/h5,9-10,17,21,23,25H,2-4,6-8,11-16,18-20H2,1H3. The van der Waals surface area contributed by atoms with Gasteiger partial charge in [0.1, 0.15) is 11.6 Å². The van der Waals surface area contributed by atoms with Crippen molar-refractivity contribution < 1.29 is 9.47 Å². The van der Waals surface area contributed by atoms with Crippen molar-refractivity contribution in [3.8, 4) is 5.75 Å². The van der Waals surface area contributed by atoms with Crippen molar-refractivity contribution in [2.75, 3.05) is 32.6 Å². The predicted octanol–water partition coefficient (Wildman–Crippen LogP) is 5.52. The van der Waals surface area contributed by atoms with Gasteiger partial charge in [-0.2, -0.15) is 0 Å². The Kier molecular flexibility index (Phi) is 8.46. The average Bonchev–Trinajstić information content (AvgIpc) is 3.54. The zero-order valence-corrected chi connectivity index (χ0v) is 21.5. The summed E-state index contributed by atoms with van der Waals surface area (Å²) in [6.07, 6.45) is 11.9. The molecular weight excluding hydrogens is 444 g/mol. The summed E-state index contributed by atoms with van der Waals surface area (Å²) in [5.41, 5.74) is 1.32. The van der Waals surface area contributed by atoms with Crippen molar-refractivity contribution in [3.63, 3.8) is 0 Å². The Morgan fingerprint density at radius 1 is 1.03 bits per heavy atom. The maximum Gasteiger partial charge on any atom is 0.191 e. The van der Waals surface area contributed by atoms with E-state index in [9.17, 15) is 0 Å². The molecule has 3 aliphatic rings. The minimum Gasteiger partial charge on any atom is -0.497 e. The zero-order valence-electron chi connectivity index (χ0n) is 20.7. The second kappa shape index (κ2) is 11.9. The van der Waals surface area contributed by atoms with Crippen molar-refractivity contribution in [3.05, 3.63) is 35.7 Å². The Hall–Kier alpha value is -1.57. The number of aromatic nitrogens is 3. The molecule has 2 aliphatic heterocycles. The van der Waals surface area contributed by atoms with Crippen LogP contribution in [0.15, 0.2) is 29.4 Å². The fourth-order valence-corrected chi connectivity index (χ4v) is 6.94. The number of rotatable bonds is 9. The van der Waals surface area contributed by atoms with Gasteiger partial charge in [-0.05, 0) is 75.2 Å². The zero-order chi connectivity index (χ0) is 23.2. The number of hydrogen-bond donors (Lipinski definition) is 0. The number of ether oxygens (including phenoxy) is 2. The lowest BCUT2D eigenvalue weighted by Crippen LogP contribution is -2.33. The molecule has 1 aromatic carbocycles. The van der Waals surface area contributed by atoms with Crippen LogP contribution in [0, 0.1) is 5.92 Å². The lowest BCUT2D eigenvalue weighted by Gasteiger charge is -2.32. The summed E-state index contributed by atoms with van der Waals surface area (Å²) in [6.45, 7) is 4.99. The van der Waals surface area contributed by atoms with E-state index < -0.39 is 0 Å². The van der Waals surface area contributed by atoms with Crippen molar-refractivity contribution in [1.82, 2.24) is 19.7 Å². The Morgan fingerprint density at radius 2 is 1.88 bits per heavy atom. The SMILES string of the molecule is COc1cccc(CN2CCC(c3nnc(SCC4CCCCC4)n3CC3CCCO3)CC2)c1. The van der Waals surface area contributed by atoms with Crippen molar-refractivity contribution >= 4 is 11.8 Å². The Balaban J connectivity index is 1.22. The first-order valence-corrected chi connectivity index (χ1v) is 14.3. The third-order valence-electron chi connectivity index (χ3n) is 7.82. The molecule has 1 atom stereocenters. The summed E-state index contributed by atoms with van der Waals surface area (Å²) in [6, 6.07) is 8.45. The monoisotopic (exact) mass is 484 g/mol. The summed E-state index contributed by atoms with van der Waals surface area (Å²) in [5.74, 6) is 4.65. The summed E-state index contributed by atoms with van der Waals surface area (Å²) >= 11 is 1.94. The van der Waals surface area contributed by atoms with Crippen molar-refractivity contribution in [2.24, 2.45) is 5.92 Å². The van der Waals surface area contributed by atoms with Crippen LogP contribution in [0.2, 0.25) is 0 Å². The molecule has 7 heteroatoms. The quantitative estimate of drug-likeness (QED) is 0.437. The van der Waals surface area contributed by atoms with Gasteiger partial charge in [-0.25, -0.2) is 0 Å². The molecule has 1 saturated carbocycles. The molecule has 2 saturated heterocycles. The second-order valence-electron chi connectivity index (χ2n) is 10.3. The van der Waals surface area contributed by atoms with Crippen LogP contribution >= 0.6 is 11.8 Å². The summed E-state index contributed by atoms with van der Waals surface area (Å²) < 4.78 is 13.9. The molecule has 3 heterocycles. The van der Waals surface area contributed by atoms with E-state index in [2.05, 4.69) is 27.7 Å². The van der Waals surface area contributed by atoms with Crippen LogP contribution in [-0.2, 0) is 17.8 Å². The number of thioether (sulfide) groups is 1. The molecule has 0 bridgehead atoms. The van der Waals surface area contributed by atoms with Crippen LogP contribution in [0.25, 0.3) is 0 Å². The van der Waals surface area contributed by atoms with Gasteiger partial charge in [-0.1, -0.05) is 43.2 Å². The van der Waals surface area contributed by atoms with Crippen LogP contribution in [0.4, 0.5) is 0 Å². The van der Waals surface area contributed by atoms with Crippen LogP contribution in [0.1, 0.15) is 75.1 Å². The van der Waals surface area contributed by atoms with Gasteiger partial charge in [0.25, 0.3) is 0 Å². The molecule has 2 aromatic rings. The highest BCUT2D eigenvalue weighted by Crippen LogP contribution is 2.34. The van der Waals surface area contributed by atoms with Gasteiger partial charge in [-0.15, -0.1) is 10.2 Å². The molecule has 34 heavy (non-hydrogen) atoms. The number of methoxy groups -OCH3 is 1. The molecule has 6 nitrogen and oxygen atoms in total. The smallest absolute Gasteiger partial charge is 0.191 e. The lowest BCUT2D eigenvalue weighted by molar-refractivity contribution is 0.0931. The fourth-order valence-electron chi connectivity index (χ4n) is 5.80. The molecule has 1 aromatic heterocycles. The number of piperidine rings is 1. The number of likely N-dealkylation sites (tertiary alicyclic amines) is 1. The third-order valence-corrected chi connectivity index (χ3v) is 9.02. The van der Waals surface area contributed by atoms with E-state index in [1.807, 2.05) is 17.8 Å². The molecule has 0 spiro atoms. The van der Waals surface area contributed by atoms with Gasteiger partial charge in [0.05, 0.1) is 19.8 Å². The normalized spacial score (nSPS) is 22.9. The molecule has 0 amide bonds. The number of hydrogen-bond acceptors (Lipinski definition) is 6. The van der Waals surface area contributed by atoms with Crippen molar-refractivity contribution in [1.29, 1.82) is 0 Å². The van der Waals surface area contributed by atoms with Gasteiger partial charge in [0.2, 0.25) is 0 Å². The fraction of sp³-hybridized carbons (Fsp3) is 0.704. The van der Waals surface area contributed by atoms with E-state index in [0.717, 1.165) is 68.9 Å². The minimum absolute atomic E-state index is 0.317. The van der Waals surface area contributed by atoms with E-state index in [1.165, 1.54) is 55.7 Å². The van der Waals surface area contributed by atoms with E-state index in [-0.39, 0.29) is 0 Å². The molecule has 186 valence electrons. The number of nitrogens with zero attached hydrogens (tertiary/aromatic N) is 4. The van der Waals surface area contributed by atoms with E-state index >= 15 is 0 Å². The second-order valence-corrected chi connectivity index (χ2v) is 11.3. The van der Waals surface area contributed by atoms with Gasteiger partial charge in [0.15, 0.2) is 5.16 Å². The van der Waals surface area contributed by atoms with Crippen molar-refractivity contribution in [2.45, 2.75) is 88.1 Å². The van der Waals surface area contributed by atoms with Crippen LogP contribution in [0.3, 0.4) is 0 Å². The molecule has 1 unspecified atom stereocenters.